The van der Waals surface area contributed by atoms with Crippen molar-refractivity contribution in [1.29, 1.82) is 0 Å². The van der Waals surface area contributed by atoms with Gasteiger partial charge in [0.2, 0.25) is 5.91 Å². The summed E-state index contributed by atoms with van der Waals surface area (Å²) in [4.78, 5) is 73.5. The van der Waals surface area contributed by atoms with Gasteiger partial charge < -0.3 is 39.1 Å². The maximum atomic E-state index is 13.0. The van der Waals surface area contributed by atoms with E-state index in [1.165, 1.54) is 33.1 Å². The van der Waals surface area contributed by atoms with Crippen molar-refractivity contribution in [1.82, 2.24) is 10.6 Å². The molecule has 2 aromatic carbocycles. The number of rotatable bonds is 12. The largest absolute Gasteiger partial charge is 0.467 e. The molecule has 1 saturated heterocycles. The molecule has 0 spiro atoms. The van der Waals surface area contributed by atoms with Gasteiger partial charge in [0.1, 0.15) is 31.5 Å². The van der Waals surface area contributed by atoms with Crippen LogP contribution in [0.4, 0.5) is 4.79 Å². The van der Waals surface area contributed by atoms with Gasteiger partial charge in [0.25, 0.3) is 0 Å². The summed E-state index contributed by atoms with van der Waals surface area (Å²) in [6.45, 7) is 4.37. The molecule has 0 radical (unpaired) electrons. The average Bonchev–Trinajstić information content (AvgIpc) is 3.37. The third-order valence-corrected chi connectivity index (χ3v) is 7.97. The topological polar surface area (TPSA) is 182 Å². The van der Waals surface area contributed by atoms with Crippen LogP contribution in [0.3, 0.4) is 0 Å². The predicted octanol–water partition coefficient (Wildman–Crippen LogP) is 2.71. The minimum Gasteiger partial charge on any atom is -0.467 e. The summed E-state index contributed by atoms with van der Waals surface area (Å²) in [5, 5.41) is 5.21. The van der Waals surface area contributed by atoms with Crippen LogP contribution in [0.25, 0.3) is 11.1 Å². The molecule has 0 bridgehead atoms. The summed E-state index contributed by atoms with van der Waals surface area (Å²) < 4.78 is 32.6. The molecule has 6 atom stereocenters. The zero-order valence-electron chi connectivity index (χ0n) is 27.8. The van der Waals surface area contributed by atoms with E-state index in [1.807, 2.05) is 48.5 Å². The Bertz CT molecular complexity index is 1540. The van der Waals surface area contributed by atoms with E-state index >= 15 is 0 Å². The second kappa shape index (κ2) is 16.7. The number of carbonyl (C=O) groups excluding carboxylic acids is 6. The van der Waals surface area contributed by atoms with E-state index in [4.69, 9.17) is 28.4 Å². The van der Waals surface area contributed by atoms with Crippen molar-refractivity contribution in [3.63, 3.8) is 0 Å². The van der Waals surface area contributed by atoms with E-state index in [0.29, 0.717) is 0 Å². The summed E-state index contributed by atoms with van der Waals surface area (Å²) in [6.07, 6.45) is -2.58. The number of methoxy groups -OCH3 is 1. The van der Waals surface area contributed by atoms with Gasteiger partial charge in [0.15, 0.2) is 12.2 Å². The van der Waals surface area contributed by atoms with E-state index in [9.17, 15) is 28.8 Å². The van der Waals surface area contributed by atoms with Gasteiger partial charge in [0, 0.05) is 33.6 Å². The van der Waals surface area contributed by atoms with Crippen molar-refractivity contribution in [2.24, 2.45) is 0 Å². The van der Waals surface area contributed by atoms with Gasteiger partial charge in [-0.3, -0.25) is 19.2 Å². The summed E-state index contributed by atoms with van der Waals surface area (Å²) >= 11 is 0. The maximum Gasteiger partial charge on any atom is 0.407 e. The third kappa shape index (κ3) is 9.44. The molecule has 2 aliphatic rings. The molecule has 0 aromatic heterocycles. The van der Waals surface area contributed by atoms with Crippen molar-refractivity contribution in [2.45, 2.75) is 76.5 Å². The number of hydrogen-bond donors (Lipinski definition) is 2. The minimum atomic E-state index is -1.25. The molecule has 4 rings (SSSR count). The van der Waals surface area contributed by atoms with E-state index in [1.54, 1.807) is 0 Å². The van der Waals surface area contributed by atoms with Gasteiger partial charge in [-0.1, -0.05) is 60.7 Å². The van der Waals surface area contributed by atoms with Crippen molar-refractivity contribution in [2.75, 3.05) is 20.3 Å². The Hall–Kier alpha value is -5.24. The van der Waals surface area contributed by atoms with Crippen LogP contribution >= 0.6 is 0 Å². The normalized spacial score (nSPS) is 21.8. The lowest BCUT2D eigenvalue weighted by Gasteiger charge is -2.44. The zero-order valence-corrected chi connectivity index (χ0v) is 27.8. The number of amides is 2. The number of alkyl carbamates (subject to hydrolysis) is 1. The smallest absolute Gasteiger partial charge is 0.407 e. The third-order valence-electron chi connectivity index (χ3n) is 7.97. The fourth-order valence-corrected chi connectivity index (χ4v) is 6.02. The second-order valence-corrected chi connectivity index (χ2v) is 11.5. The van der Waals surface area contributed by atoms with Gasteiger partial charge in [-0.25, -0.2) is 9.59 Å². The van der Waals surface area contributed by atoms with Crippen LogP contribution in [-0.4, -0.2) is 92.7 Å². The van der Waals surface area contributed by atoms with Crippen LogP contribution < -0.4 is 10.6 Å². The molecule has 1 heterocycles. The number of esters is 4. The summed E-state index contributed by atoms with van der Waals surface area (Å²) in [5.74, 6) is -3.54. The van der Waals surface area contributed by atoms with Crippen LogP contribution in [0.2, 0.25) is 0 Å². The molecule has 262 valence electrons. The van der Waals surface area contributed by atoms with Crippen LogP contribution in [0.15, 0.2) is 60.7 Å². The first-order chi connectivity index (χ1) is 23.4. The Balaban J connectivity index is 1.49. The minimum absolute atomic E-state index is 0.0304. The molecule has 0 unspecified atom stereocenters. The number of hydrogen-bond acceptors (Lipinski definition) is 12. The first kappa shape index (κ1) is 36.6. The highest BCUT2D eigenvalue weighted by Gasteiger charge is 2.50. The molecule has 1 aliphatic heterocycles. The highest BCUT2D eigenvalue weighted by atomic mass is 16.6. The molecule has 2 amide bonds. The Morgan fingerprint density at radius 2 is 1.39 bits per heavy atom. The first-order valence-electron chi connectivity index (χ1n) is 15.7. The van der Waals surface area contributed by atoms with Crippen molar-refractivity contribution in [3.05, 3.63) is 71.8 Å². The van der Waals surface area contributed by atoms with E-state index in [0.717, 1.165) is 36.1 Å². The lowest BCUT2D eigenvalue weighted by molar-refractivity contribution is -0.217. The van der Waals surface area contributed by atoms with Crippen LogP contribution in [-0.2, 0) is 52.4 Å². The molecule has 0 saturated carbocycles. The lowest BCUT2D eigenvalue weighted by Crippen LogP contribution is -2.65. The molecular weight excluding hydrogens is 640 g/mol. The van der Waals surface area contributed by atoms with Crippen molar-refractivity contribution in [3.8, 4) is 11.1 Å². The number of ether oxygens (including phenoxy) is 6. The predicted molar refractivity (Wildman–Crippen MR) is 172 cm³/mol. The van der Waals surface area contributed by atoms with Gasteiger partial charge in [-0.2, -0.15) is 0 Å². The molecule has 2 aromatic rings. The van der Waals surface area contributed by atoms with Crippen molar-refractivity contribution >= 4 is 35.9 Å². The fraction of sp³-hybridized carbons (Fsp3) is 0.429. The molecular formula is C35H40N2O12. The zero-order chi connectivity index (χ0) is 35.7. The fourth-order valence-electron chi connectivity index (χ4n) is 6.02. The molecule has 1 aliphatic carbocycles. The van der Waals surface area contributed by atoms with Crippen LogP contribution in [0, 0.1) is 0 Å². The molecule has 1 fully saturated rings. The quantitative estimate of drug-likeness (QED) is 0.190. The summed E-state index contributed by atoms with van der Waals surface area (Å²) in [7, 11) is 1.17. The van der Waals surface area contributed by atoms with Gasteiger partial charge in [-0.15, -0.1) is 0 Å². The Morgan fingerprint density at radius 3 is 1.94 bits per heavy atom. The lowest BCUT2D eigenvalue weighted by atomic mass is 9.91. The first-order valence-corrected chi connectivity index (χ1v) is 15.7. The Kier molecular flexibility index (Phi) is 12.5. The van der Waals surface area contributed by atoms with Crippen LogP contribution in [0.1, 0.15) is 51.2 Å². The second-order valence-electron chi connectivity index (χ2n) is 11.5. The SMILES string of the molecule is COC(=O)[C@H](C/C=C/[C@H]1O[C@H](COC(C)=O)[C@@H](OC(C)=O)[C@H](OC(C)=O)[C@H]1NC(C)=O)NC(=O)OCC1c2ccccc2-c2ccccc21. The highest BCUT2D eigenvalue weighted by Crippen LogP contribution is 2.44. The van der Waals surface area contributed by atoms with Crippen LogP contribution in [0.5, 0.6) is 0 Å². The van der Waals surface area contributed by atoms with E-state index in [2.05, 4.69) is 10.6 Å². The van der Waals surface area contributed by atoms with E-state index < -0.39 is 72.4 Å². The molecule has 14 nitrogen and oxygen atoms in total. The van der Waals surface area contributed by atoms with Gasteiger partial charge >= 0.3 is 30.0 Å². The van der Waals surface area contributed by atoms with Gasteiger partial charge in [0.05, 0.1) is 13.2 Å². The average molecular weight is 681 g/mol. The maximum absolute atomic E-state index is 13.0. The molecule has 49 heavy (non-hydrogen) atoms. The number of carbonyl (C=O) groups is 6. The summed E-state index contributed by atoms with van der Waals surface area (Å²) in [5.41, 5.74) is 4.19. The van der Waals surface area contributed by atoms with E-state index in [-0.39, 0.29) is 25.6 Å². The standard InChI is InChI=1S/C35H40N2O12/c1-19(38)36-31-29(49-30(18-45-20(2)39)32(47-21(3)40)33(31)48-22(4)41)16-10-15-28(34(42)44-5)37-35(43)46-17-27-25-13-8-6-11-23(25)24-12-7-9-14-26(24)27/h6-14,16,27-33H,15,17-18H2,1-5H3,(H,36,38)(H,37,43)/b16-10+/t28-,29+,30+,31-,32+,33+/m0/s1. The summed E-state index contributed by atoms with van der Waals surface area (Å²) in [6, 6.07) is 13.5. The Morgan fingerprint density at radius 1 is 0.796 bits per heavy atom. The van der Waals surface area contributed by atoms with Crippen molar-refractivity contribution < 1.29 is 57.2 Å². The number of nitrogens with one attached hydrogen (secondary N) is 2. The van der Waals surface area contributed by atoms with Gasteiger partial charge in [-0.05, 0) is 28.7 Å². The molecule has 2 N–H and O–H groups in total. The number of benzene rings is 2. The highest BCUT2D eigenvalue weighted by molar-refractivity contribution is 5.82. The molecule has 14 heteroatoms. The number of fused-ring (bicyclic) bond motifs is 3. The monoisotopic (exact) mass is 680 g/mol. The Labute approximate surface area is 283 Å².